The van der Waals surface area contributed by atoms with Gasteiger partial charge in [0.2, 0.25) is 0 Å². The van der Waals surface area contributed by atoms with Crippen molar-refractivity contribution < 1.29 is 27.4 Å². The van der Waals surface area contributed by atoms with E-state index < -0.39 is 18.0 Å². The topological polar surface area (TPSA) is 50.8 Å². The van der Waals surface area contributed by atoms with Crippen LogP contribution in [0.3, 0.4) is 0 Å². The van der Waals surface area contributed by atoms with Gasteiger partial charge in [0.05, 0.1) is 10.6 Å². The number of nitrogens with one attached hydrogen (secondary N) is 1. The molecular formula is C20H21Cl2F3N2O3. The molecule has 1 heterocycles. The number of rotatable bonds is 5. The number of alkyl halides is 3. The van der Waals surface area contributed by atoms with Crippen molar-refractivity contribution in [1.82, 2.24) is 4.90 Å². The lowest BCUT2D eigenvalue weighted by atomic mass is 10.1. The fourth-order valence-electron chi connectivity index (χ4n) is 3.02. The molecular weight excluding hydrogens is 444 g/mol. The number of halogens is 5. The Morgan fingerprint density at radius 3 is 2.47 bits per heavy atom. The number of carbonyl (C=O) groups is 1. The van der Waals surface area contributed by atoms with Gasteiger partial charge in [0.1, 0.15) is 17.6 Å². The number of nitrogens with zero attached hydrogens (tertiary/aromatic N) is 1. The lowest BCUT2D eigenvalue weighted by molar-refractivity contribution is -0.274. The standard InChI is InChI=1S/C20H20ClF3N2O3.ClH/c1-26-10-8-14(9-11-26)28-18-12-13(6-7-16(18)21)25-19(27)15-4-2-3-5-17(15)29-20(22,23)24;/h2-7,12,14H,8-11H2,1H3,(H,25,27);1H. The van der Waals surface area contributed by atoms with E-state index in [9.17, 15) is 18.0 Å². The van der Waals surface area contributed by atoms with E-state index in [4.69, 9.17) is 16.3 Å². The monoisotopic (exact) mass is 464 g/mol. The van der Waals surface area contributed by atoms with Crippen LogP contribution in [0.2, 0.25) is 5.02 Å². The van der Waals surface area contributed by atoms with Gasteiger partial charge in [0, 0.05) is 24.8 Å². The van der Waals surface area contributed by atoms with E-state index >= 15 is 0 Å². The van der Waals surface area contributed by atoms with Crippen LogP contribution >= 0.6 is 24.0 Å². The molecule has 0 bridgehead atoms. The second-order valence-electron chi connectivity index (χ2n) is 6.76. The Bertz CT molecular complexity index is 873. The zero-order valence-electron chi connectivity index (χ0n) is 16.0. The van der Waals surface area contributed by atoms with E-state index in [2.05, 4.69) is 15.0 Å². The first-order valence-electron chi connectivity index (χ1n) is 9.02. The summed E-state index contributed by atoms with van der Waals surface area (Å²) in [5.74, 6) is -0.898. The van der Waals surface area contributed by atoms with Gasteiger partial charge in [-0.1, -0.05) is 23.7 Å². The van der Waals surface area contributed by atoms with Gasteiger partial charge in [0.15, 0.2) is 0 Å². The maximum atomic E-state index is 12.6. The number of piperidine rings is 1. The summed E-state index contributed by atoms with van der Waals surface area (Å²) in [5, 5.41) is 2.95. The molecule has 1 fully saturated rings. The third-order valence-electron chi connectivity index (χ3n) is 4.51. The van der Waals surface area contributed by atoms with Crippen molar-refractivity contribution in [2.24, 2.45) is 0 Å². The van der Waals surface area contributed by atoms with Crippen LogP contribution in [0.15, 0.2) is 42.5 Å². The summed E-state index contributed by atoms with van der Waals surface area (Å²) in [4.78, 5) is 14.7. The van der Waals surface area contributed by atoms with Crippen LogP contribution in [-0.2, 0) is 0 Å². The molecule has 1 saturated heterocycles. The van der Waals surface area contributed by atoms with Crippen LogP contribution in [0.4, 0.5) is 18.9 Å². The first kappa shape index (κ1) is 24.1. The minimum atomic E-state index is -4.90. The van der Waals surface area contributed by atoms with Gasteiger partial charge in [-0.15, -0.1) is 25.6 Å². The number of benzene rings is 2. The summed E-state index contributed by atoms with van der Waals surface area (Å²) in [7, 11) is 2.04. The van der Waals surface area contributed by atoms with Crippen LogP contribution in [0.1, 0.15) is 23.2 Å². The number of anilines is 1. The third kappa shape index (κ3) is 6.68. The smallest absolute Gasteiger partial charge is 0.489 e. The van der Waals surface area contributed by atoms with E-state index in [-0.39, 0.29) is 24.1 Å². The summed E-state index contributed by atoms with van der Waals surface area (Å²) >= 11 is 6.20. The SMILES string of the molecule is CN1CCC(Oc2cc(NC(=O)c3ccccc3OC(F)(F)F)ccc2Cl)CC1.Cl. The Morgan fingerprint density at radius 2 is 1.80 bits per heavy atom. The third-order valence-corrected chi connectivity index (χ3v) is 4.82. The van der Waals surface area contributed by atoms with Gasteiger partial charge in [-0.3, -0.25) is 4.79 Å². The number of amides is 1. The molecule has 3 rings (SSSR count). The molecule has 164 valence electrons. The molecule has 2 aromatic rings. The van der Waals surface area contributed by atoms with E-state index in [1.54, 1.807) is 18.2 Å². The summed E-state index contributed by atoms with van der Waals surface area (Å²) in [6, 6.07) is 9.82. The van der Waals surface area contributed by atoms with Crippen molar-refractivity contribution in [1.29, 1.82) is 0 Å². The molecule has 0 unspecified atom stereocenters. The molecule has 0 radical (unpaired) electrons. The quantitative estimate of drug-likeness (QED) is 0.644. The van der Waals surface area contributed by atoms with Crippen molar-refractivity contribution in [3.63, 3.8) is 0 Å². The molecule has 0 atom stereocenters. The minimum absolute atomic E-state index is 0. The van der Waals surface area contributed by atoms with Gasteiger partial charge in [0.25, 0.3) is 5.91 Å². The van der Waals surface area contributed by atoms with Gasteiger partial charge < -0.3 is 19.7 Å². The Morgan fingerprint density at radius 1 is 1.13 bits per heavy atom. The van der Waals surface area contributed by atoms with Crippen LogP contribution < -0.4 is 14.8 Å². The zero-order valence-corrected chi connectivity index (χ0v) is 17.6. The second-order valence-corrected chi connectivity index (χ2v) is 7.17. The highest BCUT2D eigenvalue weighted by Gasteiger charge is 2.32. The molecule has 1 N–H and O–H groups in total. The molecule has 2 aromatic carbocycles. The maximum absolute atomic E-state index is 12.6. The van der Waals surface area contributed by atoms with E-state index in [0.29, 0.717) is 16.5 Å². The Kier molecular flexibility index (Phi) is 8.23. The van der Waals surface area contributed by atoms with Gasteiger partial charge in [-0.25, -0.2) is 0 Å². The average Bonchev–Trinajstić information content (AvgIpc) is 2.65. The zero-order chi connectivity index (χ0) is 21.0. The van der Waals surface area contributed by atoms with E-state index in [0.717, 1.165) is 32.0 Å². The highest BCUT2D eigenvalue weighted by Crippen LogP contribution is 2.31. The number of hydrogen-bond acceptors (Lipinski definition) is 4. The molecule has 0 aliphatic carbocycles. The van der Waals surface area contributed by atoms with Crippen LogP contribution in [0.5, 0.6) is 11.5 Å². The fraction of sp³-hybridized carbons (Fsp3) is 0.350. The maximum Gasteiger partial charge on any atom is 0.573 e. The normalized spacial score (nSPS) is 15.2. The van der Waals surface area contributed by atoms with E-state index in [1.165, 1.54) is 18.2 Å². The molecule has 1 aliphatic heterocycles. The summed E-state index contributed by atoms with van der Waals surface area (Å²) in [5.41, 5.74) is 0.113. The average molecular weight is 465 g/mol. The Hall–Kier alpha value is -2.16. The summed E-state index contributed by atoms with van der Waals surface area (Å²) < 4.78 is 47.6. The predicted octanol–water partition coefficient (Wildman–Crippen LogP) is 5.39. The lowest BCUT2D eigenvalue weighted by Gasteiger charge is -2.29. The van der Waals surface area contributed by atoms with Crippen molar-refractivity contribution in [2.75, 3.05) is 25.5 Å². The lowest BCUT2D eigenvalue weighted by Crippen LogP contribution is -2.35. The molecule has 30 heavy (non-hydrogen) atoms. The first-order chi connectivity index (χ1) is 13.7. The van der Waals surface area contributed by atoms with Gasteiger partial charge in [-0.2, -0.15) is 0 Å². The van der Waals surface area contributed by atoms with Crippen LogP contribution in [0.25, 0.3) is 0 Å². The number of likely N-dealkylation sites (tertiary alicyclic amines) is 1. The Balaban J connectivity index is 0.00000320. The highest BCUT2D eigenvalue weighted by atomic mass is 35.5. The molecule has 5 nitrogen and oxygen atoms in total. The minimum Gasteiger partial charge on any atom is -0.489 e. The van der Waals surface area contributed by atoms with Crippen molar-refractivity contribution in [2.45, 2.75) is 25.3 Å². The molecule has 0 spiro atoms. The van der Waals surface area contributed by atoms with Crippen molar-refractivity contribution in [3.05, 3.63) is 53.1 Å². The fourth-order valence-corrected chi connectivity index (χ4v) is 3.18. The second kappa shape index (κ2) is 10.2. The molecule has 10 heteroatoms. The highest BCUT2D eigenvalue weighted by molar-refractivity contribution is 6.32. The number of para-hydroxylation sites is 1. The van der Waals surface area contributed by atoms with Gasteiger partial charge in [-0.05, 0) is 44.2 Å². The van der Waals surface area contributed by atoms with Crippen molar-refractivity contribution >= 4 is 35.6 Å². The molecule has 0 aromatic heterocycles. The largest absolute Gasteiger partial charge is 0.573 e. The van der Waals surface area contributed by atoms with Crippen LogP contribution in [0, 0.1) is 0 Å². The number of carbonyl (C=O) groups excluding carboxylic acids is 1. The van der Waals surface area contributed by atoms with Crippen LogP contribution in [-0.4, -0.2) is 43.4 Å². The molecule has 1 amide bonds. The van der Waals surface area contributed by atoms with Gasteiger partial charge >= 0.3 is 6.36 Å². The van der Waals surface area contributed by atoms with Crippen molar-refractivity contribution in [3.8, 4) is 11.5 Å². The molecule has 0 saturated carbocycles. The van der Waals surface area contributed by atoms with E-state index in [1.807, 2.05) is 7.05 Å². The number of ether oxygens (including phenoxy) is 2. The summed E-state index contributed by atoms with van der Waals surface area (Å²) in [6.07, 6.45) is -3.18. The summed E-state index contributed by atoms with van der Waals surface area (Å²) in [6.45, 7) is 1.82. The number of hydrogen-bond donors (Lipinski definition) is 1. The predicted molar refractivity (Wildman–Crippen MR) is 111 cm³/mol. The first-order valence-corrected chi connectivity index (χ1v) is 9.40. The Labute approximate surface area is 183 Å². The molecule has 1 aliphatic rings.